The number of fused-ring (bicyclic) bond motifs is 3. The summed E-state index contributed by atoms with van der Waals surface area (Å²) in [5, 5.41) is 0. The third-order valence-electron chi connectivity index (χ3n) is 15.0. The molecule has 4 aliphatic carbocycles. The topological polar surface area (TPSA) is 55.4 Å². The zero-order valence-electron chi connectivity index (χ0n) is 43.0. The van der Waals surface area contributed by atoms with Gasteiger partial charge in [-0.05, 0) is 228 Å². The van der Waals surface area contributed by atoms with E-state index in [0.29, 0.717) is 6.42 Å². The predicted octanol–water partition coefficient (Wildman–Crippen LogP) is 16.4. The third-order valence-corrected chi connectivity index (χ3v) is 15.0. The van der Waals surface area contributed by atoms with Crippen molar-refractivity contribution in [3.63, 3.8) is 0 Å². The van der Waals surface area contributed by atoms with Crippen LogP contribution in [0.3, 0.4) is 0 Å². The number of hydrogen-bond acceptors (Lipinski definition) is 6. The van der Waals surface area contributed by atoms with Crippen LogP contribution in [0.4, 0.5) is 0 Å². The van der Waals surface area contributed by atoms with Crippen LogP contribution >= 0.6 is 0 Å². The van der Waals surface area contributed by atoms with Crippen LogP contribution in [0.5, 0.6) is 23.0 Å². The van der Waals surface area contributed by atoms with Crippen molar-refractivity contribution in [2.75, 3.05) is 27.8 Å². The lowest BCUT2D eigenvalue weighted by Crippen LogP contribution is -2.23. The molecule has 6 heteroatoms. The van der Waals surface area contributed by atoms with E-state index in [9.17, 15) is 0 Å². The molecule has 5 aromatic rings. The van der Waals surface area contributed by atoms with Crippen LogP contribution in [-0.2, 0) is 35.2 Å². The molecule has 0 heterocycles. The predicted molar refractivity (Wildman–Crippen MR) is 287 cm³/mol. The van der Waals surface area contributed by atoms with Gasteiger partial charge in [0.25, 0.3) is 0 Å². The molecule has 0 radical (unpaired) electrons. The van der Waals surface area contributed by atoms with Crippen LogP contribution in [0, 0.1) is 13.8 Å². The maximum atomic E-state index is 6.98. The van der Waals surface area contributed by atoms with Crippen LogP contribution in [0.2, 0.25) is 0 Å². The molecule has 1 fully saturated rings. The Kier molecular flexibility index (Phi) is 16.3. The molecule has 0 aliphatic heterocycles. The zero-order chi connectivity index (χ0) is 48.6. The number of benzene rings is 5. The summed E-state index contributed by atoms with van der Waals surface area (Å²) in [6.45, 7) is 13.8. The second-order valence-corrected chi connectivity index (χ2v) is 20.5. The highest BCUT2D eigenvalue weighted by Gasteiger charge is 2.29. The van der Waals surface area contributed by atoms with Crippen molar-refractivity contribution in [3.8, 4) is 56.4 Å². The van der Waals surface area contributed by atoms with Gasteiger partial charge in [0.05, 0.1) is 12.2 Å². The minimum atomic E-state index is -0.171. The Hall–Kier alpha value is -5.56. The first kappa shape index (κ1) is 49.4. The van der Waals surface area contributed by atoms with E-state index in [1.54, 1.807) is 14.2 Å². The highest BCUT2D eigenvalue weighted by Crippen LogP contribution is 2.50. The summed E-state index contributed by atoms with van der Waals surface area (Å²) in [7, 11) is 3.39. The third kappa shape index (κ3) is 11.0. The van der Waals surface area contributed by atoms with Crippen molar-refractivity contribution in [2.24, 2.45) is 0 Å². The number of aryl methyl sites for hydroxylation is 4. The fourth-order valence-electron chi connectivity index (χ4n) is 12.0. The minimum Gasteiger partial charge on any atom is -0.490 e. The Labute approximate surface area is 419 Å². The van der Waals surface area contributed by atoms with Gasteiger partial charge < -0.3 is 28.4 Å². The Morgan fingerprint density at radius 1 is 0.514 bits per heavy atom. The average Bonchev–Trinajstić information content (AvgIpc) is 3.36. The monoisotopic (exact) mass is 941 g/mol. The van der Waals surface area contributed by atoms with Crippen LogP contribution < -0.4 is 18.9 Å². The number of hydrogen-bond donors (Lipinski definition) is 0. The Balaban J connectivity index is 1.02. The molecule has 0 unspecified atom stereocenters. The first-order chi connectivity index (χ1) is 34.2. The van der Waals surface area contributed by atoms with Crippen molar-refractivity contribution in [1.82, 2.24) is 0 Å². The Morgan fingerprint density at radius 2 is 1.01 bits per heavy atom. The van der Waals surface area contributed by atoms with Gasteiger partial charge in [0.2, 0.25) is 0 Å². The van der Waals surface area contributed by atoms with Gasteiger partial charge in [-0.25, -0.2) is 0 Å². The quantitative estimate of drug-likeness (QED) is 0.0919. The van der Waals surface area contributed by atoms with E-state index < -0.39 is 0 Å². The zero-order valence-corrected chi connectivity index (χ0v) is 43.0. The lowest BCUT2D eigenvalue weighted by atomic mass is 9.76. The summed E-state index contributed by atoms with van der Waals surface area (Å²) in [4.78, 5) is 0. The molecule has 0 saturated heterocycles. The molecule has 4 aliphatic rings. The summed E-state index contributed by atoms with van der Waals surface area (Å²) in [6.07, 6.45) is 22.6. The first-order valence-electron chi connectivity index (χ1n) is 26.5. The number of allylic oxidation sites excluding steroid dienone is 5. The smallest absolute Gasteiger partial charge is 0.188 e. The number of ether oxygens (including phenoxy) is 6. The van der Waals surface area contributed by atoms with Crippen LogP contribution in [-0.4, -0.2) is 40.0 Å². The average molecular weight is 941 g/mol. The second kappa shape index (κ2) is 23.1. The van der Waals surface area contributed by atoms with Gasteiger partial charge in [-0.15, -0.1) is 0 Å². The molecule has 0 bridgehead atoms. The van der Waals surface area contributed by atoms with Crippen molar-refractivity contribution >= 4 is 5.57 Å². The first-order valence-corrected chi connectivity index (χ1v) is 26.5. The second-order valence-electron chi connectivity index (χ2n) is 20.5. The van der Waals surface area contributed by atoms with Gasteiger partial charge in [0, 0.05) is 54.0 Å². The van der Waals surface area contributed by atoms with Crippen molar-refractivity contribution in [1.29, 1.82) is 0 Å². The lowest BCUT2D eigenvalue weighted by Gasteiger charge is -2.29. The van der Waals surface area contributed by atoms with Gasteiger partial charge in [-0.2, -0.15) is 0 Å². The van der Waals surface area contributed by atoms with Gasteiger partial charge in [-0.3, -0.25) is 0 Å². The molecular formula is C64H76O6. The summed E-state index contributed by atoms with van der Waals surface area (Å²) >= 11 is 0. The summed E-state index contributed by atoms with van der Waals surface area (Å²) in [6, 6.07) is 28.5. The van der Waals surface area contributed by atoms with E-state index in [2.05, 4.69) is 113 Å². The van der Waals surface area contributed by atoms with E-state index in [1.165, 1.54) is 113 Å². The van der Waals surface area contributed by atoms with Gasteiger partial charge >= 0.3 is 0 Å². The molecule has 70 heavy (non-hydrogen) atoms. The molecule has 5 aromatic carbocycles. The molecule has 1 saturated carbocycles. The van der Waals surface area contributed by atoms with Gasteiger partial charge in [0.1, 0.15) is 23.0 Å². The van der Waals surface area contributed by atoms with Crippen molar-refractivity contribution < 1.29 is 28.4 Å². The highest BCUT2D eigenvalue weighted by atomic mass is 16.7. The Morgan fingerprint density at radius 3 is 1.61 bits per heavy atom. The fourth-order valence-corrected chi connectivity index (χ4v) is 12.0. The molecule has 0 N–H and O–H groups in total. The maximum absolute atomic E-state index is 6.98. The molecule has 9 rings (SSSR count). The number of methoxy groups -OCH3 is 2. The van der Waals surface area contributed by atoms with Gasteiger partial charge in [0.15, 0.2) is 13.6 Å². The van der Waals surface area contributed by atoms with Crippen LogP contribution in [0.15, 0.2) is 108 Å². The standard InChI is InChI=1S/C64H76O6/c1-42-34-55(63(67-40-65-6)57(36-42)61-44(3)22-10-8-9-11-23-47-24-12-15-27-50(47)61)53-30-18-20-32-59(53)69-45(4)38-46(5)70-60-33-21-19-31-54(60)56-35-43(2)37-58(64(56)68-41-66-7)62-51-28-16-13-25-48(51)39-49-26-14-17-29-52(49)62/h18-21,23,30-37,39,45-46H,3,8-17,22,24-29,38,40-41H2,1-2,4-7H3/b47-23-,61-50?/t45-,46-/m1/s1. The normalized spacial score (nSPS) is 17.9. The van der Waals surface area contributed by atoms with Crippen LogP contribution in [0.1, 0.15) is 143 Å². The minimum absolute atomic E-state index is 0.136. The molecule has 0 aromatic heterocycles. The summed E-state index contributed by atoms with van der Waals surface area (Å²) in [5.74, 6) is 3.30. The molecule has 2 atom stereocenters. The van der Waals surface area contributed by atoms with E-state index in [0.717, 1.165) is 114 Å². The number of para-hydroxylation sites is 2. The fraction of sp³-hybridized carbons (Fsp3) is 0.438. The summed E-state index contributed by atoms with van der Waals surface area (Å²) < 4.78 is 38.6. The highest BCUT2D eigenvalue weighted by molar-refractivity contribution is 5.92. The molecule has 0 spiro atoms. The molecule has 368 valence electrons. The van der Waals surface area contributed by atoms with Crippen molar-refractivity contribution in [3.05, 3.63) is 147 Å². The molecular weight excluding hydrogens is 865 g/mol. The van der Waals surface area contributed by atoms with E-state index >= 15 is 0 Å². The van der Waals surface area contributed by atoms with Crippen LogP contribution in [0.25, 0.3) is 39.0 Å². The number of rotatable bonds is 16. The van der Waals surface area contributed by atoms with E-state index in [-0.39, 0.29) is 25.8 Å². The Bertz CT molecular complexity index is 2700. The van der Waals surface area contributed by atoms with Gasteiger partial charge in [-0.1, -0.05) is 61.5 Å². The molecule has 0 amide bonds. The largest absolute Gasteiger partial charge is 0.490 e. The lowest BCUT2D eigenvalue weighted by molar-refractivity contribution is 0.0512. The van der Waals surface area contributed by atoms with Crippen molar-refractivity contribution in [2.45, 2.75) is 155 Å². The van der Waals surface area contributed by atoms with E-state index in [1.807, 2.05) is 0 Å². The SMILES string of the molecule is C=C1CCCCC/C=C2/CCCCC2=C1c1cc(C)cc(-c2ccccc2O[C@H](C)C[C@@H](C)Oc2ccccc2-c2cc(C)cc(-c3c4c(cc5c3CCCC5)CCCC4)c2OCOC)c1OCOC. The molecule has 6 nitrogen and oxygen atoms in total. The summed E-state index contributed by atoms with van der Waals surface area (Å²) in [5.41, 5.74) is 21.5. The maximum Gasteiger partial charge on any atom is 0.188 e. The van der Waals surface area contributed by atoms with E-state index in [4.69, 9.17) is 35.0 Å².